The minimum absolute atomic E-state index is 0.00806. The SMILES string of the molecule is CCOC1CN(CC)CCO1.F[B-](F)(F)F. The normalized spacial score (nSPS) is 22.5. The molecule has 1 atom stereocenters. The van der Waals surface area contributed by atoms with Gasteiger partial charge in [0.15, 0.2) is 6.29 Å². The summed E-state index contributed by atoms with van der Waals surface area (Å²) in [5, 5.41) is 0. The Kier molecular flexibility index (Phi) is 7.70. The molecule has 1 heterocycles. The first-order valence-corrected chi connectivity index (χ1v) is 5.19. The third-order valence-corrected chi connectivity index (χ3v) is 1.92. The Morgan fingerprint density at radius 1 is 1.31 bits per heavy atom. The first-order chi connectivity index (χ1) is 7.36. The summed E-state index contributed by atoms with van der Waals surface area (Å²) in [4.78, 5) is 2.34. The molecule has 0 bridgehead atoms. The van der Waals surface area contributed by atoms with Crippen LogP contribution in [-0.4, -0.2) is 51.3 Å². The molecule has 0 N–H and O–H groups in total. The fourth-order valence-corrected chi connectivity index (χ4v) is 1.24. The fourth-order valence-electron chi connectivity index (χ4n) is 1.24. The third kappa shape index (κ3) is 10.2. The number of likely N-dealkylation sites (N-methyl/N-ethyl adjacent to an activating group) is 1. The minimum atomic E-state index is -6.00. The second-order valence-corrected chi connectivity index (χ2v) is 3.14. The van der Waals surface area contributed by atoms with Crippen molar-refractivity contribution in [3.05, 3.63) is 0 Å². The molecule has 0 radical (unpaired) electrons. The predicted octanol–water partition coefficient (Wildman–Crippen LogP) is 2.00. The summed E-state index contributed by atoms with van der Waals surface area (Å²) in [6.45, 7) is 8.75. The largest absolute Gasteiger partial charge is 0.673 e. The molecule has 1 aliphatic heterocycles. The van der Waals surface area contributed by atoms with Crippen molar-refractivity contribution in [1.29, 1.82) is 0 Å². The van der Waals surface area contributed by atoms with Crippen molar-refractivity contribution in [2.45, 2.75) is 20.1 Å². The van der Waals surface area contributed by atoms with Gasteiger partial charge in [-0.2, -0.15) is 0 Å². The zero-order valence-corrected chi connectivity index (χ0v) is 9.47. The van der Waals surface area contributed by atoms with E-state index in [4.69, 9.17) is 9.47 Å². The number of nitrogens with zero attached hydrogens (tertiary/aromatic N) is 1. The first-order valence-electron chi connectivity index (χ1n) is 5.19. The predicted molar refractivity (Wildman–Crippen MR) is 53.7 cm³/mol. The molecule has 0 amide bonds. The van der Waals surface area contributed by atoms with Crippen molar-refractivity contribution in [2.75, 3.05) is 32.8 Å². The monoisotopic (exact) mass is 246 g/mol. The molecule has 1 saturated heterocycles. The fraction of sp³-hybridized carbons (Fsp3) is 1.00. The molecule has 0 saturated carbocycles. The van der Waals surface area contributed by atoms with Crippen LogP contribution in [0.2, 0.25) is 0 Å². The van der Waals surface area contributed by atoms with Gasteiger partial charge in [0.2, 0.25) is 0 Å². The highest BCUT2D eigenvalue weighted by Crippen LogP contribution is 2.06. The van der Waals surface area contributed by atoms with Gasteiger partial charge in [0.05, 0.1) is 6.61 Å². The van der Waals surface area contributed by atoms with Crippen LogP contribution in [0.5, 0.6) is 0 Å². The highest BCUT2D eigenvalue weighted by atomic mass is 19.5. The number of hydrogen-bond acceptors (Lipinski definition) is 3. The van der Waals surface area contributed by atoms with Crippen LogP contribution in [0.25, 0.3) is 0 Å². The van der Waals surface area contributed by atoms with Crippen molar-refractivity contribution >= 4 is 7.25 Å². The standard InChI is InChI=1S/C8H17NO2.BF4/c1-3-9-5-6-11-8(7-9)10-4-2;2-1(3,4)5/h8H,3-7H2,1-2H3;/q;-1. The minimum Gasteiger partial charge on any atom is -0.418 e. The van der Waals surface area contributed by atoms with Crippen LogP contribution < -0.4 is 0 Å². The summed E-state index contributed by atoms with van der Waals surface area (Å²) in [5.41, 5.74) is 0. The molecule has 0 aromatic carbocycles. The third-order valence-electron chi connectivity index (χ3n) is 1.92. The van der Waals surface area contributed by atoms with Gasteiger partial charge in [-0.25, -0.2) is 0 Å². The van der Waals surface area contributed by atoms with Crippen LogP contribution in [0.1, 0.15) is 13.8 Å². The second-order valence-electron chi connectivity index (χ2n) is 3.14. The van der Waals surface area contributed by atoms with Crippen molar-refractivity contribution < 1.29 is 26.7 Å². The maximum absolute atomic E-state index is 9.75. The summed E-state index contributed by atoms with van der Waals surface area (Å²) in [6, 6.07) is 0. The van der Waals surface area contributed by atoms with Crippen LogP contribution >= 0.6 is 0 Å². The van der Waals surface area contributed by atoms with Gasteiger partial charge >= 0.3 is 7.25 Å². The number of hydrogen-bond donors (Lipinski definition) is 0. The Morgan fingerprint density at radius 2 is 1.88 bits per heavy atom. The first kappa shape index (κ1) is 15.7. The summed E-state index contributed by atoms with van der Waals surface area (Å²) in [5.74, 6) is 0. The van der Waals surface area contributed by atoms with Gasteiger partial charge in [-0.3, -0.25) is 4.90 Å². The number of rotatable bonds is 3. The highest BCUT2D eigenvalue weighted by molar-refractivity contribution is 6.50. The Labute approximate surface area is 92.8 Å². The topological polar surface area (TPSA) is 21.7 Å². The van der Waals surface area contributed by atoms with Gasteiger partial charge in [0.25, 0.3) is 0 Å². The van der Waals surface area contributed by atoms with Gasteiger partial charge in [-0.1, -0.05) is 6.92 Å². The molecular weight excluding hydrogens is 229 g/mol. The molecule has 0 spiro atoms. The van der Waals surface area contributed by atoms with Crippen LogP contribution in [0, 0.1) is 0 Å². The highest BCUT2D eigenvalue weighted by Gasteiger charge is 2.20. The van der Waals surface area contributed by atoms with Crippen molar-refractivity contribution in [1.82, 2.24) is 4.90 Å². The average Bonchev–Trinajstić information content (AvgIpc) is 2.16. The molecule has 1 fully saturated rings. The number of morpholine rings is 1. The lowest BCUT2D eigenvalue weighted by Gasteiger charge is -2.31. The van der Waals surface area contributed by atoms with E-state index < -0.39 is 7.25 Å². The van der Waals surface area contributed by atoms with Crippen molar-refractivity contribution in [2.24, 2.45) is 0 Å². The summed E-state index contributed by atoms with van der Waals surface area (Å²) >= 11 is 0. The summed E-state index contributed by atoms with van der Waals surface area (Å²) in [7, 11) is -6.00. The summed E-state index contributed by atoms with van der Waals surface area (Å²) < 4.78 is 49.7. The second kappa shape index (κ2) is 7.86. The Morgan fingerprint density at radius 3 is 2.31 bits per heavy atom. The molecular formula is C8H17BF4NO2-. The molecule has 1 unspecified atom stereocenters. The van der Waals surface area contributed by atoms with E-state index in [2.05, 4.69) is 11.8 Å². The number of halogens is 4. The van der Waals surface area contributed by atoms with E-state index in [1.165, 1.54) is 0 Å². The van der Waals surface area contributed by atoms with Crippen LogP contribution in [-0.2, 0) is 9.47 Å². The molecule has 0 aliphatic carbocycles. The van der Waals surface area contributed by atoms with E-state index >= 15 is 0 Å². The average molecular weight is 246 g/mol. The number of ether oxygens (including phenoxy) is 2. The lowest BCUT2D eigenvalue weighted by atomic mass is 10.3. The van der Waals surface area contributed by atoms with Crippen molar-refractivity contribution in [3.63, 3.8) is 0 Å². The quantitative estimate of drug-likeness (QED) is 0.561. The zero-order chi connectivity index (χ0) is 12.6. The van der Waals surface area contributed by atoms with Crippen LogP contribution in [0.3, 0.4) is 0 Å². The van der Waals surface area contributed by atoms with Crippen molar-refractivity contribution in [3.8, 4) is 0 Å². The molecule has 1 aliphatic rings. The van der Waals surface area contributed by atoms with Gasteiger partial charge < -0.3 is 26.7 Å². The Balaban J connectivity index is 0.000000385. The van der Waals surface area contributed by atoms with Gasteiger partial charge in [0, 0.05) is 19.7 Å². The molecule has 0 aromatic rings. The molecule has 1 rings (SSSR count). The lowest BCUT2D eigenvalue weighted by Crippen LogP contribution is -2.43. The van der Waals surface area contributed by atoms with E-state index in [1.54, 1.807) is 0 Å². The molecule has 3 nitrogen and oxygen atoms in total. The molecule has 0 aromatic heterocycles. The van der Waals surface area contributed by atoms with Gasteiger partial charge in [-0.05, 0) is 13.5 Å². The lowest BCUT2D eigenvalue weighted by molar-refractivity contribution is -0.176. The van der Waals surface area contributed by atoms with E-state index in [0.717, 1.165) is 32.8 Å². The van der Waals surface area contributed by atoms with Gasteiger partial charge in [-0.15, -0.1) is 0 Å². The summed E-state index contributed by atoms with van der Waals surface area (Å²) in [6.07, 6.45) is 0.00806. The van der Waals surface area contributed by atoms with E-state index in [0.29, 0.717) is 0 Å². The maximum Gasteiger partial charge on any atom is 0.673 e. The van der Waals surface area contributed by atoms with E-state index in [1.807, 2.05) is 6.92 Å². The smallest absolute Gasteiger partial charge is 0.418 e. The zero-order valence-electron chi connectivity index (χ0n) is 9.47. The van der Waals surface area contributed by atoms with Crippen LogP contribution in [0.15, 0.2) is 0 Å². The Hall–Kier alpha value is -0.335. The maximum atomic E-state index is 9.75. The molecule has 8 heteroatoms. The van der Waals surface area contributed by atoms with E-state index in [-0.39, 0.29) is 6.29 Å². The van der Waals surface area contributed by atoms with Crippen LogP contribution in [0.4, 0.5) is 17.3 Å². The molecule has 16 heavy (non-hydrogen) atoms. The van der Waals surface area contributed by atoms with Gasteiger partial charge in [0.1, 0.15) is 0 Å². The Bertz CT molecular complexity index is 174. The molecule has 98 valence electrons. The van der Waals surface area contributed by atoms with E-state index in [9.17, 15) is 17.3 Å².